The Morgan fingerprint density at radius 3 is 2.67 bits per heavy atom. The molecule has 0 aromatic carbocycles. The minimum Gasteiger partial charge on any atom is -0.368 e. The predicted octanol–water partition coefficient (Wildman–Crippen LogP) is 1.44. The van der Waals surface area contributed by atoms with Crippen molar-refractivity contribution in [3.8, 4) is 0 Å². The molecule has 9 heteroatoms. The van der Waals surface area contributed by atoms with Crippen LogP contribution in [0.15, 0.2) is 29.4 Å². The largest absolute Gasteiger partial charge is 0.368 e. The molecule has 8 nitrogen and oxygen atoms in total. The van der Waals surface area contributed by atoms with Crippen molar-refractivity contribution in [1.82, 2.24) is 29.7 Å². The van der Waals surface area contributed by atoms with E-state index in [-0.39, 0.29) is 0 Å². The topological polar surface area (TPSA) is 93.4 Å². The number of hydrogen-bond acceptors (Lipinski definition) is 7. The van der Waals surface area contributed by atoms with Gasteiger partial charge in [-0.3, -0.25) is 0 Å². The molecule has 3 heterocycles. The van der Waals surface area contributed by atoms with E-state index < -0.39 is 0 Å². The van der Waals surface area contributed by atoms with Crippen LogP contribution in [0.3, 0.4) is 0 Å². The number of aryl methyl sites for hydroxylation is 1. The summed E-state index contributed by atoms with van der Waals surface area (Å²) in [6.07, 6.45) is 4.92. The van der Waals surface area contributed by atoms with Crippen LogP contribution in [0.1, 0.15) is 0 Å². The molecular formula is C12H13BrN8. The third kappa shape index (κ3) is 2.92. The number of halogens is 1. The van der Waals surface area contributed by atoms with Crippen molar-refractivity contribution in [2.24, 2.45) is 7.05 Å². The Morgan fingerprint density at radius 2 is 1.86 bits per heavy atom. The van der Waals surface area contributed by atoms with Crippen molar-refractivity contribution in [2.75, 3.05) is 23.7 Å². The third-order valence-corrected chi connectivity index (χ3v) is 3.40. The first kappa shape index (κ1) is 13.7. The van der Waals surface area contributed by atoms with Gasteiger partial charge in [-0.05, 0) is 22.0 Å². The second-order valence-electron chi connectivity index (χ2n) is 4.26. The van der Waals surface area contributed by atoms with E-state index >= 15 is 0 Å². The maximum Gasteiger partial charge on any atom is 0.222 e. The number of rotatable bonds is 5. The molecule has 21 heavy (non-hydrogen) atoms. The number of nitrogens with one attached hydrogen (secondary N) is 2. The summed E-state index contributed by atoms with van der Waals surface area (Å²) < 4.78 is 2.44. The van der Waals surface area contributed by atoms with Crippen molar-refractivity contribution in [1.29, 1.82) is 0 Å². The molecule has 0 fully saturated rings. The standard InChI is InChI=1S/C12H13BrN8/c1-21-11-8(9(13)20-21)10(18-7-19-11)14-5-6-17-12-15-3-2-4-16-12/h2-4,7H,5-6H2,1H3,(H,14,18,19)(H,15,16,17). The van der Waals surface area contributed by atoms with Crippen LogP contribution in [0.2, 0.25) is 0 Å². The highest BCUT2D eigenvalue weighted by molar-refractivity contribution is 9.10. The predicted molar refractivity (Wildman–Crippen MR) is 83.0 cm³/mol. The second kappa shape index (κ2) is 6.00. The van der Waals surface area contributed by atoms with Crippen LogP contribution in [-0.2, 0) is 7.05 Å². The summed E-state index contributed by atoms with van der Waals surface area (Å²) in [5.74, 6) is 1.35. The van der Waals surface area contributed by atoms with Crippen molar-refractivity contribution in [3.05, 3.63) is 29.4 Å². The smallest absolute Gasteiger partial charge is 0.222 e. The average Bonchev–Trinajstić information content (AvgIpc) is 2.80. The van der Waals surface area contributed by atoms with E-state index in [1.165, 1.54) is 6.33 Å². The monoisotopic (exact) mass is 348 g/mol. The molecule has 0 aliphatic carbocycles. The van der Waals surface area contributed by atoms with Gasteiger partial charge in [0, 0.05) is 32.5 Å². The van der Waals surface area contributed by atoms with E-state index in [1.54, 1.807) is 23.1 Å². The first-order chi connectivity index (χ1) is 10.3. The van der Waals surface area contributed by atoms with Crippen LogP contribution < -0.4 is 10.6 Å². The van der Waals surface area contributed by atoms with Gasteiger partial charge < -0.3 is 10.6 Å². The SMILES string of the molecule is Cn1nc(Br)c2c(NCCNc3ncccn3)ncnc21. The van der Waals surface area contributed by atoms with E-state index in [4.69, 9.17) is 0 Å². The molecule has 3 rings (SSSR count). The zero-order chi connectivity index (χ0) is 14.7. The molecule has 0 bridgehead atoms. The molecule has 3 aromatic heterocycles. The lowest BCUT2D eigenvalue weighted by atomic mass is 10.4. The van der Waals surface area contributed by atoms with Crippen LogP contribution in [0.4, 0.5) is 11.8 Å². The third-order valence-electron chi connectivity index (χ3n) is 2.84. The molecular weight excluding hydrogens is 336 g/mol. The lowest BCUT2D eigenvalue weighted by Crippen LogP contribution is -2.15. The first-order valence-corrected chi connectivity index (χ1v) is 7.13. The Hall–Kier alpha value is -2.29. The maximum absolute atomic E-state index is 4.28. The number of fused-ring (bicyclic) bond motifs is 1. The van der Waals surface area contributed by atoms with Gasteiger partial charge in [0.2, 0.25) is 5.95 Å². The molecule has 0 spiro atoms. The highest BCUT2D eigenvalue weighted by Crippen LogP contribution is 2.26. The molecule has 0 saturated carbocycles. The van der Waals surface area contributed by atoms with Crippen LogP contribution in [-0.4, -0.2) is 42.8 Å². The number of aromatic nitrogens is 6. The van der Waals surface area contributed by atoms with Crippen LogP contribution >= 0.6 is 15.9 Å². The fourth-order valence-corrected chi connectivity index (χ4v) is 2.52. The summed E-state index contributed by atoms with van der Waals surface area (Å²) >= 11 is 3.43. The van der Waals surface area contributed by atoms with E-state index in [0.717, 1.165) is 21.5 Å². The van der Waals surface area contributed by atoms with Gasteiger partial charge in [-0.2, -0.15) is 5.10 Å². The summed E-state index contributed by atoms with van der Waals surface area (Å²) in [6, 6.07) is 1.78. The lowest BCUT2D eigenvalue weighted by Gasteiger charge is -2.07. The normalized spacial score (nSPS) is 10.8. The van der Waals surface area contributed by atoms with Gasteiger partial charge >= 0.3 is 0 Å². The molecule has 0 radical (unpaired) electrons. The van der Waals surface area contributed by atoms with Gasteiger partial charge in [-0.25, -0.2) is 24.6 Å². The Kier molecular flexibility index (Phi) is 3.91. The van der Waals surface area contributed by atoms with Gasteiger partial charge in [0.05, 0.1) is 5.39 Å². The Labute approximate surface area is 129 Å². The molecule has 0 amide bonds. The minimum absolute atomic E-state index is 0.606. The van der Waals surface area contributed by atoms with Gasteiger partial charge in [-0.15, -0.1) is 0 Å². The summed E-state index contributed by atoms with van der Waals surface area (Å²) in [7, 11) is 1.85. The zero-order valence-corrected chi connectivity index (χ0v) is 12.9. The number of anilines is 2. The quantitative estimate of drug-likeness (QED) is 0.673. The molecule has 2 N–H and O–H groups in total. The van der Waals surface area contributed by atoms with Crippen molar-refractivity contribution >= 4 is 38.7 Å². The van der Waals surface area contributed by atoms with Crippen molar-refractivity contribution in [3.63, 3.8) is 0 Å². The fourth-order valence-electron chi connectivity index (χ4n) is 1.92. The van der Waals surface area contributed by atoms with Gasteiger partial charge in [0.1, 0.15) is 16.7 Å². The highest BCUT2D eigenvalue weighted by atomic mass is 79.9. The Balaban J connectivity index is 1.66. The number of nitrogens with zero attached hydrogens (tertiary/aromatic N) is 6. The van der Waals surface area contributed by atoms with Crippen molar-refractivity contribution in [2.45, 2.75) is 0 Å². The molecule has 0 aliphatic rings. The molecule has 0 unspecified atom stereocenters. The van der Waals surface area contributed by atoms with Gasteiger partial charge in [-0.1, -0.05) is 0 Å². The summed E-state index contributed by atoms with van der Waals surface area (Å²) in [5, 5.41) is 11.5. The van der Waals surface area contributed by atoms with Gasteiger partial charge in [0.15, 0.2) is 5.65 Å². The minimum atomic E-state index is 0.606. The van der Waals surface area contributed by atoms with Gasteiger partial charge in [0.25, 0.3) is 0 Å². The molecule has 0 saturated heterocycles. The van der Waals surface area contributed by atoms with Crippen LogP contribution in [0.25, 0.3) is 11.0 Å². The number of hydrogen-bond donors (Lipinski definition) is 2. The molecule has 108 valence electrons. The fraction of sp³-hybridized carbons (Fsp3) is 0.250. The van der Waals surface area contributed by atoms with E-state index in [9.17, 15) is 0 Å². The van der Waals surface area contributed by atoms with Crippen LogP contribution in [0.5, 0.6) is 0 Å². The van der Waals surface area contributed by atoms with Crippen LogP contribution in [0, 0.1) is 0 Å². The molecule has 0 aliphatic heterocycles. The van der Waals surface area contributed by atoms with Crippen molar-refractivity contribution < 1.29 is 0 Å². The van der Waals surface area contributed by atoms with E-state index in [2.05, 4.69) is 51.6 Å². The van der Waals surface area contributed by atoms with E-state index in [0.29, 0.717) is 19.0 Å². The first-order valence-electron chi connectivity index (χ1n) is 6.33. The zero-order valence-electron chi connectivity index (χ0n) is 11.3. The Morgan fingerprint density at radius 1 is 1.10 bits per heavy atom. The summed E-state index contributed by atoms with van der Waals surface area (Å²) in [6.45, 7) is 1.35. The maximum atomic E-state index is 4.28. The Bertz CT molecular complexity index is 742. The van der Waals surface area contributed by atoms with E-state index in [1.807, 2.05) is 7.05 Å². The average molecular weight is 349 g/mol. The lowest BCUT2D eigenvalue weighted by molar-refractivity contribution is 0.777. The summed E-state index contributed by atoms with van der Waals surface area (Å²) in [5.41, 5.74) is 0.777. The second-order valence-corrected chi connectivity index (χ2v) is 5.01. The molecule has 0 atom stereocenters. The molecule has 3 aromatic rings. The highest BCUT2D eigenvalue weighted by Gasteiger charge is 2.12. The summed E-state index contributed by atoms with van der Waals surface area (Å²) in [4.78, 5) is 16.7.